The van der Waals surface area contributed by atoms with Crippen LogP contribution in [0.5, 0.6) is 0 Å². The molecule has 0 bridgehead atoms. The number of benzene rings is 1. The number of hydrogen-bond donors (Lipinski definition) is 1. The van der Waals surface area contributed by atoms with Crippen LogP contribution in [0.25, 0.3) is 11.0 Å². The molecule has 1 heterocycles. The molecule has 0 spiro atoms. The van der Waals surface area contributed by atoms with Crippen LogP contribution < -0.4 is 0 Å². The number of aromatic nitrogens is 2. The number of aliphatic hydroxyl groups is 1. The predicted octanol–water partition coefficient (Wildman–Crippen LogP) is 2.88. The highest BCUT2D eigenvalue weighted by molar-refractivity contribution is 9.10. The summed E-state index contributed by atoms with van der Waals surface area (Å²) in [5.41, 5.74) is 2.29. The van der Waals surface area contributed by atoms with Crippen molar-refractivity contribution >= 4 is 27.0 Å². The number of halogens is 1. The lowest BCUT2D eigenvalue weighted by Crippen LogP contribution is -2.16. The summed E-state index contributed by atoms with van der Waals surface area (Å²) in [6.45, 7) is 3.18. The average molecular weight is 295 g/mol. The zero-order valence-electron chi connectivity index (χ0n) is 9.78. The quantitative estimate of drug-likeness (QED) is 0.945. The number of aryl methyl sites for hydroxylation is 1. The minimum Gasteiger partial charge on any atom is -0.396 e. The Morgan fingerprint density at radius 3 is 2.88 bits per heavy atom. The molecule has 1 saturated carbocycles. The van der Waals surface area contributed by atoms with Gasteiger partial charge in [0, 0.05) is 16.4 Å². The summed E-state index contributed by atoms with van der Waals surface area (Å²) in [4.78, 5) is 4.56. The fourth-order valence-corrected chi connectivity index (χ4v) is 2.64. The van der Waals surface area contributed by atoms with Gasteiger partial charge in [0.2, 0.25) is 0 Å². The Morgan fingerprint density at radius 2 is 2.24 bits per heavy atom. The molecule has 0 atom stereocenters. The fraction of sp³-hybridized carbons (Fsp3) is 0.462. The molecule has 90 valence electrons. The van der Waals surface area contributed by atoms with E-state index in [0.29, 0.717) is 0 Å². The number of nitrogens with zero attached hydrogens (tertiary/aromatic N) is 2. The minimum absolute atomic E-state index is 0.112. The van der Waals surface area contributed by atoms with E-state index in [4.69, 9.17) is 0 Å². The van der Waals surface area contributed by atoms with Gasteiger partial charge in [0.1, 0.15) is 5.82 Å². The van der Waals surface area contributed by atoms with Crippen molar-refractivity contribution in [3.63, 3.8) is 0 Å². The summed E-state index contributed by atoms with van der Waals surface area (Å²) in [6, 6.07) is 6.14. The highest BCUT2D eigenvalue weighted by Gasteiger charge is 2.42. The van der Waals surface area contributed by atoms with Gasteiger partial charge in [-0.15, -0.1) is 0 Å². The van der Waals surface area contributed by atoms with Gasteiger partial charge in [-0.3, -0.25) is 0 Å². The third kappa shape index (κ3) is 1.89. The predicted molar refractivity (Wildman–Crippen MR) is 70.9 cm³/mol. The molecule has 1 aliphatic carbocycles. The van der Waals surface area contributed by atoms with Crippen LogP contribution in [0.1, 0.15) is 18.7 Å². The van der Waals surface area contributed by atoms with Gasteiger partial charge in [0.15, 0.2) is 0 Å². The lowest BCUT2D eigenvalue weighted by atomic mass is 10.1. The second-order valence-electron chi connectivity index (χ2n) is 5.04. The summed E-state index contributed by atoms with van der Waals surface area (Å²) in [5.74, 6) is 1.03. The number of fused-ring (bicyclic) bond motifs is 1. The van der Waals surface area contributed by atoms with E-state index >= 15 is 0 Å². The Kier molecular flexibility index (Phi) is 2.52. The third-order valence-corrected chi connectivity index (χ3v) is 4.18. The molecular weight excluding hydrogens is 280 g/mol. The van der Waals surface area contributed by atoms with E-state index in [2.05, 4.69) is 31.5 Å². The first kappa shape index (κ1) is 11.2. The van der Waals surface area contributed by atoms with Crippen molar-refractivity contribution in [1.82, 2.24) is 9.55 Å². The molecule has 0 saturated heterocycles. The largest absolute Gasteiger partial charge is 0.396 e. The van der Waals surface area contributed by atoms with Gasteiger partial charge in [-0.1, -0.05) is 15.9 Å². The summed E-state index contributed by atoms with van der Waals surface area (Å²) in [6.07, 6.45) is 2.24. The van der Waals surface area contributed by atoms with E-state index in [1.54, 1.807) is 0 Å². The van der Waals surface area contributed by atoms with Crippen LogP contribution in [-0.2, 0) is 6.54 Å². The van der Waals surface area contributed by atoms with E-state index in [-0.39, 0.29) is 12.0 Å². The van der Waals surface area contributed by atoms with E-state index in [9.17, 15) is 5.11 Å². The van der Waals surface area contributed by atoms with Crippen molar-refractivity contribution in [3.05, 3.63) is 28.5 Å². The number of hydrogen-bond acceptors (Lipinski definition) is 2. The first-order chi connectivity index (χ1) is 8.13. The normalized spacial score (nSPS) is 17.6. The zero-order valence-corrected chi connectivity index (χ0v) is 11.4. The summed E-state index contributed by atoms with van der Waals surface area (Å²) in [5, 5.41) is 9.43. The molecule has 0 aliphatic heterocycles. The Labute approximate surface area is 109 Å². The average Bonchev–Trinajstić information content (AvgIpc) is 3.03. The molecule has 3 rings (SSSR count). The Balaban J connectivity index is 2.08. The molecule has 4 heteroatoms. The maximum atomic E-state index is 9.43. The van der Waals surface area contributed by atoms with E-state index < -0.39 is 0 Å². The maximum Gasteiger partial charge on any atom is 0.106 e. The van der Waals surface area contributed by atoms with Crippen molar-refractivity contribution in [3.8, 4) is 0 Å². The first-order valence-electron chi connectivity index (χ1n) is 5.87. The van der Waals surface area contributed by atoms with Crippen LogP contribution in [0.15, 0.2) is 22.7 Å². The van der Waals surface area contributed by atoms with E-state index in [0.717, 1.165) is 40.7 Å². The Bertz CT molecular complexity index is 572. The highest BCUT2D eigenvalue weighted by atomic mass is 79.9. The van der Waals surface area contributed by atoms with Gasteiger partial charge in [-0.05, 0) is 38.0 Å². The standard InChI is InChI=1S/C13H15BrN2O/c1-9-15-11-3-2-10(14)6-12(11)16(9)7-13(8-17)4-5-13/h2-3,6,17H,4-5,7-8H2,1H3. The molecule has 2 aromatic rings. The highest BCUT2D eigenvalue weighted by Crippen LogP contribution is 2.47. The smallest absolute Gasteiger partial charge is 0.106 e. The lowest BCUT2D eigenvalue weighted by molar-refractivity contribution is 0.195. The van der Waals surface area contributed by atoms with Gasteiger partial charge < -0.3 is 9.67 Å². The van der Waals surface area contributed by atoms with Crippen LogP contribution in [0.3, 0.4) is 0 Å². The van der Waals surface area contributed by atoms with E-state index in [1.165, 1.54) is 0 Å². The fourth-order valence-electron chi connectivity index (χ4n) is 2.29. The first-order valence-corrected chi connectivity index (χ1v) is 6.66. The van der Waals surface area contributed by atoms with Crippen LogP contribution >= 0.6 is 15.9 Å². The summed E-state index contributed by atoms with van der Waals surface area (Å²) in [7, 11) is 0. The molecule has 1 N–H and O–H groups in total. The van der Waals surface area contributed by atoms with Crippen molar-refractivity contribution < 1.29 is 5.11 Å². The van der Waals surface area contributed by atoms with Gasteiger partial charge >= 0.3 is 0 Å². The van der Waals surface area contributed by atoms with Crippen LogP contribution in [0.2, 0.25) is 0 Å². The zero-order chi connectivity index (χ0) is 12.0. The molecule has 0 radical (unpaired) electrons. The molecule has 1 aromatic heterocycles. The molecule has 3 nitrogen and oxygen atoms in total. The lowest BCUT2D eigenvalue weighted by Gasteiger charge is -2.14. The van der Waals surface area contributed by atoms with Gasteiger partial charge in [-0.25, -0.2) is 4.98 Å². The second kappa shape index (κ2) is 3.82. The Morgan fingerprint density at radius 1 is 1.47 bits per heavy atom. The molecule has 1 aliphatic rings. The van der Waals surface area contributed by atoms with Crippen LogP contribution in [0, 0.1) is 12.3 Å². The van der Waals surface area contributed by atoms with E-state index in [1.807, 2.05) is 19.1 Å². The third-order valence-electron chi connectivity index (χ3n) is 3.69. The molecule has 1 fully saturated rings. The Hall–Kier alpha value is -0.870. The summed E-state index contributed by atoms with van der Waals surface area (Å²) < 4.78 is 3.29. The van der Waals surface area contributed by atoms with Gasteiger partial charge in [0.25, 0.3) is 0 Å². The number of imidazole rings is 1. The van der Waals surface area contributed by atoms with Crippen LogP contribution in [0.4, 0.5) is 0 Å². The van der Waals surface area contributed by atoms with Crippen molar-refractivity contribution in [1.29, 1.82) is 0 Å². The van der Waals surface area contributed by atoms with Crippen molar-refractivity contribution in [2.45, 2.75) is 26.3 Å². The van der Waals surface area contributed by atoms with Gasteiger partial charge in [-0.2, -0.15) is 0 Å². The second-order valence-corrected chi connectivity index (χ2v) is 5.95. The SMILES string of the molecule is Cc1nc2ccc(Br)cc2n1CC1(CO)CC1. The van der Waals surface area contributed by atoms with Gasteiger partial charge in [0.05, 0.1) is 17.6 Å². The van der Waals surface area contributed by atoms with Crippen LogP contribution in [-0.4, -0.2) is 21.3 Å². The maximum absolute atomic E-state index is 9.43. The number of rotatable bonds is 3. The topological polar surface area (TPSA) is 38.0 Å². The minimum atomic E-state index is 0.112. The molecule has 0 unspecified atom stereocenters. The summed E-state index contributed by atoms with van der Waals surface area (Å²) >= 11 is 3.50. The number of aliphatic hydroxyl groups excluding tert-OH is 1. The molecule has 1 aromatic carbocycles. The molecular formula is C13H15BrN2O. The molecule has 0 amide bonds. The van der Waals surface area contributed by atoms with Crippen molar-refractivity contribution in [2.24, 2.45) is 5.41 Å². The monoisotopic (exact) mass is 294 g/mol. The molecule has 17 heavy (non-hydrogen) atoms. The van der Waals surface area contributed by atoms with Crippen molar-refractivity contribution in [2.75, 3.05) is 6.61 Å².